The number of piperazine rings is 1. The number of fused-ring (bicyclic) bond motifs is 1. The summed E-state index contributed by atoms with van der Waals surface area (Å²) >= 11 is 0. The summed E-state index contributed by atoms with van der Waals surface area (Å²) in [6.45, 7) is 7.83. The molecule has 2 N–H and O–H groups in total. The lowest BCUT2D eigenvalue weighted by atomic mass is 10.1. The highest BCUT2D eigenvalue weighted by Crippen LogP contribution is 2.27. The number of allylic oxidation sites excluding steroid dienone is 3. The summed E-state index contributed by atoms with van der Waals surface area (Å²) in [5.41, 5.74) is 3.34. The summed E-state index contributed by atoms with van der Waals surface area (Å²) in [5, 5.41) is 22.2. The topological polar surface area (TPSA) is 66.2 Å². The second-order valence-electron chi connectivity index (χ2n) is 6.00. The van der Waals surface area contributed by atoms with Crippen molar-refractivity contribution in [2.24, 2.45) is 7.05 Å². The zero-order valence-corrected chi connectivity index (χ0v) is 14.6. The maximum Gasteiger partial charge on any atom is 0.120 e. The molecule has 1 fully saturated rings. The van der Waals surface area contributed by atoms with Gasteiger partial charge >= 0.3 is 0 Å². The SMILES string of the molecule is C/C=C(O)\C(=C/CC)c1cc2c(cc(N3CCNCC3)n2C)nn1. The molecule has 1 aliphatic rings. The Labute approximate surface area is 142 Å². The zero-order valence-electron chi connectivity index (χ0n) is 14.6. The quantitative estimate of drug-likeness (QED) is 0.667. The molecule has 0 aromatic carbocycles. The third-order valence-electron chi connectivity index (χ3n) is 4.45. The van der Waals surface area contributed by atoms with E-state index in [1.165, 1.54) is 0 Å². The van der Waals surface area contributed by atoms with Gasteiger partial charge in [-0.1, -0.05) is 13.0 Å². The second kappa shape index (κ2) is 7.05. The Morgan fingerprint density at radius 2 is 2.04 bits per heavy atom. The highest BCUT2D eigenvalue weighted by Gasteiger charge is 2.18. The van der Waals surface area contributed by atoms with Crippen molar-refractivity contribution in [2.45, 2.75) is 20.3 Å². The van der Waals surface area contributed by atoms with Gasteiger partial charge in [0.2, 0.25) is 0 Å². The van der Waals surface area contributed by atoms with Gasteiger partial charge in [0, 0.05) is 44.9 Å². The van der Waals surface area contributed by atoms with Crippen LogP contribution >= 0.6 is 0 Å². The predicted octanol–water partition coefficient (Wildman–Crippen LogP) is 2.63. The summed E-state index contributed by atoms with van der Waals surface area (Å²) in [7, 11) is 2.06. The summed E-state index contributed by atoms with van der Waals surface area (Å²) < 4.78 is 2.16. The van der Waals surface area contributed by atoms with Crippen LogP contribution in [0.1, 0.15) is 26.0 Å². The van der Waals surface area contributed by atoms with Gasteiger partial charge in [-0.15, -0.1) is 10.2 Å². The van der Waals surface area contributed by atoms with E-state index in [0.717, 1.165) is 55.0 Å². The molecule has 0 aliphatic carbocycles. The third kappa shape index (κ3) is 3.01. The van der Waals surface area contributed by atoms with Crippen LogP contribution < -0.4 is 10.2 Å². The molecule has 0 spiro atoms. The molecule has 2 aromatic rings. The van der Waals surface area contributed by atoms with Gasteiger partial charge in [0.25, 0.3) is 0 Å². The van der Waals surface area contributed by atoms with Gasteiger partial charge in [-0.2, -0.15) is 0 Å². The minimum Gasteiger partial charge on any atom is -0.508 e. The molecule has 0 amide bonds. The molecule has 3 heterocycles. The zero-order chi connectivity index (χ0) is 17.1. The van der Waals surface area contributed by atoms with Crippen LogP contribution in [0.15, 0.2) is 30.0 Å². The number of aliphatic hydroxyl groups excluding tert-OH is 1. The molecule has 3 rings (SSSR count). The van der Waals surface area contributed by atoms with E-state index in [9.17, 15) is 5.11 Å². The van der Waals surface area contributed by atoms with E-state index >= 15 is 0 Å². The first-order valence-electron chi connectivity index (χ1n) is 8.50. The van der Waals surface area contributed by atoms with Crippen molar-refractivity contribution in [2.75, 3.05) is 31.1 Å². The van der Waals surface area contributed by atoms with Crippen LogP contribution in [-0.2, 0) is 7.05 Å². The number of aromatic nitrogens is 3. The summed E-state index contributed by atoms with van der Waals surface area (Å²) in [5.74, 6) is 1.40. The Morgan fingerprint density at radius 1 is 1.29 bits per heavy atom. The first kappa shape index (κ1) is 16.5. The van der Waals surface area contributed by atoms with Gasteiger partial charge in [0.15, 0.2) is 0 Å². The second-order valence-corrected chi connectivity index (χ2v) is 6.00. The van der Waals surface area contributed by atoms with Crippen LogP contribution in [-0.4, -0.2) is 46.1 Å². The molecule has 1 aliphatic heterocycles. The number of nitrogens with one attached hydrogen (secondary N) is 1. The van der Waals surface area contributed by atoms with Crippen LogP contribution in [0.5, 0.6) is 0 Å². The number of anilines is 1. The van der Waals surface area contributed by atoms with Crippen LogP contribution in [0.3, 0.4) is 0 Å². The molecular formula is C18H25N5O. The molecule has 0 saturated carbocycles. The monoisotopic (exact) mass is 327 g/mol. The first-order chi connectivity index (χ1) is 11.7. The summed E-state index contributed by atoms with van der Waals surface area (Å²) in [4.78, 5) is 2.37. The van der Waals surface area contributed by atoms with Crippen LogP contribution in [0.2, 0.25) is 0 Å². The van der Waals surface area contributed by atoms with E-state index in [1.807, 2.05) is 26.0 Å². The number of hydrogen-bond acceptors (Lipinski definition) is 5. The van der Waals surface area contributed by atoms with Gasteiger partial charge in [-0.25, -0.2) is 0 Å². The Bertz CT molecular complexity index is 784. The molecule has 1 saturated heterocycles. The molecule has 0 radical (unpaired) electrons. The fourth-order valence-electron chi connectivity index (χ4n) is 3.13. The first-order valence-corrected chi connectivity index (χ1v) is 8.50. The Kier molecular flexibility index (Phi) is 4.85. The maximum absolute atomic E-state index is 10.2. The van der Waals surface area contributed by atoms with E-state index in [2.05, 4.69) is 38.1 Å². The van der Waals surface area contributed by atoms with E-state index in [-0.39, 0.29) is 5.76 Å². The molecule has 6 heteroatoms. The van der Waals surface area contributed by atoms with Gasteiger partial charge in [-0.3, -0.25) is 0 Å². The molecule has 128 valence electrons. The Hall–Kier alpha value is -2.34. The standard InChI is InChI=1S/C18H25N5O/c1-4-6-13(17(24)5-2)14-11-16-15(21-20-14)12-18(22(16)3)23-9-7-19-8-10-23/h5-6,11-12,19,24H,4,7-10H2,1-3H3/b13-6-,17-5+. The van der Waals surface area contributed by atoms with Crippen molar-refractivity contribution >= 4 is 22.4 Å². The van der Waals surface area contributed by atoms with Crippen LogP contribution in [0.4, 0.5) is 5.82 Å². The van der Waals surface area contributed by atoms with E-state index in [4.69, 9.17) is 0 Å². The normalized spacial score (nSPS) is 16.9. The van der Waals surface area contributed by atoms with Gasteiger partial charge < -0.3 is 19.9 Å². The van der Waals surface area contributed by atoms with E-state index in [1.54, 1.807) is 6.08 Å². The fourth-order valence-corrected chi connectivity index (χ4v) is 3.13. The fraction of sp³-hybridized carbons (Fsp3) is 0.444. The number of aliphatic hydroxyl groups is 1. The van der Waals surface area contributed by atoms with Crippen molar-refractivity contribution in [3.63, 3.8) is 0 Å². The van der Waals surface area contributed by atoms with Crippen molar-refractivity contribution in [3.05, 3.63) is 35.7 Å². The van der Waals surface area contributed by atoms with Crippen molar-refractivity contribution in [3.8, 4) is 0 Å². The van der Waals surface area contributed by atoms with Gasteiger partial charge in [0.05, 0.1) is 11.2 Å². The molecule has 6 nitrogen and oxygen atoms in total. The molecule has 0 unspecified atom stereocenters. The average molecular weight is 327 g/mol. The smallest absolute Gasteiger partial charge is 0.120 e. The summed E-state index contributed by atoms with van der Waals surface area (Å²) in [6.07, 6.45) is 4.49. The largest absolute Gasteiger partial charge is 0.508 e. The third-order valence-corrected chi connectivity index (χ3v) is 4.45. The number of hydrogen-bond donors (Lipinski definition) is 2. The molecule has 2 aromatic heterocycles. The van der Waals surface area contributed by atoms with E-state index in [0.29, 0.717) is 5.69 Å². The average Bonchev–Trinajstić information content (AvgIpc) is 2.96. The number of nitrogens with zero attached hydrogens (tertiary/aromatic N) is 4. The lowest BCUT2D eigenvalue weighted by molar-refractivity contribution is 0.436. The van der Waals surface area contributed by atoms with Gasteiger partial charge in [-0.05, 0) is 25.5 Å². The van der Waals surface area contributed by atoms with Gasteiger partial charge in [0.1, 0.15) is 17.1 Å². The molecule has 24 heavy (non-hydrogen) atoms. The Morgan fingerprint density at radius 3 is 2.71 bits per heavy atom. The van der Waals surface area contributed by atoms with Crippen molar-refractivity contribution < 1.29 is 5.11 Å². The minimum atomic E-state index is 0.238. The number of aryl methyl sites for hydroxylation is 1. The molecule has 0 bridgehead atoms. The lowest BCUT2D eigenvalue weighted by Crippen LogP contribution is -2.44. The van der Waals surface area contributed by atoms with E-state index < -0.39 is 0 Å². The van der Waals surface area contributed by atoms with Crippen molar-refractivity contribution in [1.82, 2.24) is 20.1 Å². The minimum absolute atomic E-state index is 0.238. The van der Waals surface area contributed by atoms with Crippen molar-refractivity contribution in [1.29, 1.82) is 0 Å². The van der Waals surface area contributed by atoms with Crippen LogP contribution in [0, 0.1) is 0 Å². The highest BCUT2D eigenvalue weighted by atomic mass is 16.3. The number of rotatable bonds is 4. The Balaban J connectivity index is 2.04. The highest BCUT2D eigenvalue weighted by molar-refractivity contribution is 5.85. The maximum atomic E-state index is 10.2. The van der Waals surface area contributed by atoms with Crippen LogP contribution in [0.25, 0.3) is 16.6 Å². The summed E-state index contributed by atoms with van der Waals surface area (Å²) in [6, 6.07) is 4.10. The predicted molar refractivity (Wildman–Crippen MR) is 98.2 cm³/mol. The lowest BCUT2D eigenvalue weighted by Gasteiger charge is -2.29. The molecular weight excluding hydrogens is 302 g/mol. The molecule has 0 atom stereocenters.